The number of piperidine rings is 1. The maximum absolute atomic E-state index is 13.7. The molecule has 1 amide bonds. The van der Waals surface area contributed by atoms with E-state index in [1.54, 1.807) is 13.1 Å². The predicted octanol–water partition coefficient (Wildman–Crippen LogP) is 2.40. The summed E-state index contributed by atoms with van der Waals surface area (Å²) in [5.74, 6) is -0.0763. The van der Waals surface area contributed by atoms with Crippen LogP contribution in [0.25, 0.3) is 10.2 Å². The standard InChI is InChI=1S/C14H16FN3OS/c1-16-13(19)9-5-7-18(8-6-9)14-17-12-10(15)3-2-4-11(12)20-14/h2-4,9H,5-8H2,1H3,(H,16,19). The Labute approximate surface area is 120 Å². The van der Waals surface area contributed by atoms with Gasteiger partial charge in [-0.1, -0.05) is 17.4 Å². The molecular weight excluding hydrogens is 277 g/mol. The second kappa shape index (κ2) is 5.36. The normalized spacial score (nSPS) is 16.6. The van der Waals surface area contributed by atoms with E-state index in [-0.39, 0.29) is 17.6 Å². The molecule has 0 saturated carbocycles. The number of anilines is 1. The molecule has 2 heterocycles. The molecule has 4 nitrogen and oxygen atoms in total. The lowest BCUT2D eigenvalue weighted by Gasteiger charge is -2.30. The molecule has 0 spiro atoms. The molecule has 1 aromatic heterocycles. The quantitative estimate of drug-likeness (QED) is 0.925. The number of benzene rings is 1. The molecule has 1 aromatic carbocycles. The molecule has 1 N–H and O–H groups in total. The molecule has 1 fully saturated rings. The number of rotatable bonds is 2. The molecule has 0 bridgehead atoms. The first-order chi connectivity index (χ1) is 9.69. The van der Waals surface area contributed by atoms with Gasteiger partial charge in [-0.25, -0.2) is 9.37 Å². The van der Waals surface area contributed by atoms with E-state index in [0.717, 1.165) is 35.8 Å². The molecule has 0 unspecified atom stereocenters. The molecular formula is C14H16FN3OS. The highest BCUT2D eigenvalue weighted by Crippen LogP contribution is 2.32. The average molecular weight is 293 g/mol. The van der Waals surface area contributed by atoms with Crippen molar-refractivity contribution in [2.24, 2.45) is 5.92 Å². The fourth-order valence-electron chi connectivity index (χ4n) is 2.58. The van der Waals surface area contributed by atoms with Crippen LogP contribution in [0.5, 0.6) is 0 Å². The summed E-state index contributed by atoms with van der Waals surface area (Å²) in [6, 6.07) is 5.03. The van der Waals surface area contributed by atoms with Gasteiger partial charge in [-0.2, -0.15) is 0 Å². The van der Waals surface area contributed by atoms with Crippen molar-refractivity contribution < 1.29 is 9.18 Å². The van der Waals surface area contributed by atoms with E-state index in [2.05, 4.69) is 15.2 Å². The smallest absolute Gasteiger partial charge is 0.222 e. The zero-order valence-corrected chi connectivity index (χ0v) is 12.0. The lowest BCUT2D eigenvalue weighted by Crippen LogP contribution is -2.39. The Morgan fingerprint density at radius 1 is 1.45 bits per heavy atom. The first-order valence-corrected chi connectivity index (χ1v) is 7.52. The molecule has 1 saturated heterocycles. The van der Waals surface area contributed by atoms with E-state index in [0.29, 0.717) is 5.52 Å². The lowest BCUT2D eigenvalue weighted by molar-refractivity contribution is -0.125. The third-order valence-electron chi connectivity index (χ3n) is 3.74. The Morgan fingerprint density at radius 2 is 2.20 bits per heavy atom. The third-order valence-corrected chi connectivity index (χ3v) is 4.82. The molecule has 20 heavy (non-hydrogen) atoms. The van der Waals surface area contributed by atoms with Gasteiger partial charge in [0.05, 0.1) is 4.70 Å². The topological polar surface area (TPSA) is 45.2 Å². The summed E-state index contributed by atoms with van der Waals surface area (Å²) in [5.41, 5.74) is 0.445. The van der Waals surface area contributed by atoms with Gasteiger partial charge in [0.2, 0.25) is 5.91 Å². The molecule has 2 aromatic rings. The second-order valence-electron chi connectivity index (χ2n) is 4.96. The van der Waals surface area contributed by atoms with Crippen LogP contribution in [0.1, 0.15) is 12.8 Å². The van der Waals surface area contributed by atoms with Crippen molar-refractivity contribution in [3.8, 4) is 0 Å². The second-order valence-corrected chi connectivity index (χ2v) is 5.97. The van der Waals surface area contributed by atoms with E-state index in [4.69, 9.17) is 0 Å². The van der Waals surface area contributed by atoms with Crippen LogP contribution >= 0.6 is 11.3 Å². The summed E-state index contributed by atoms with van der Waals surface area (Å²) >= 11 is 1.51. The molecule has 0 atom stereocenters. The number of carbonyl (C=O) groups excluding carboxylic acids is 1. The van der Waals surface area contributed by atoms with E-state index in [1.807, 2.05) is 6.07 Å². The predicted molar refractivity (Wildman–Crippen MR) is 78.6 cm³/mol. The number of nitrogens with one attached hydrogen (secondary N) is 1. The van der Waals surface area contributed by atoms with E-state index < -0.39 is 0 Å². The van der Waals surface area contributed by atoms with Gasteiger partial charge in [-0.15, -0.1) is 0 Å². The van der Waals surface area contributed by atoms with Crippen molar-refractivity contribution in [2.75, 3.05) is 25.0 Å². The van der Waals surface area contributed by atoms with Crippen molar-refractivity contribution >= 4 is 32.6 Å². The molecule has 6 heteroatoms. The highest BCUT2D eigenvalue weighted by molar-refractivity contribution is 7.22. The van der Waals surface area contributed by atoms with Crippen LogP contribution < -0.4 is 10.2 Å². The van der Waals surface area contributed by atoms with Crippen molar-refractivity contribution in [3.63, 3.8) is 0 Å². The zero-order chi connectivity index (χ0) is 14.1. The van der Waals surface area contributed by atoms with Crippen molar-refractivity contribution in [1.82, 2.24) is 10.3 Å². The van der Waals surface area contributed by atoms with Gasteiger partial charge in [0, 0.05) is 26.1 Å². The number of halogens is 1. The van der Waals surface area contributed by atoms with Crippen LogP contribution in [0, 0.1) is 11.7 Å². The average Bonchev–Trinajstić information content (AvgIpc) is 2.92. The van der Waals surface area contributed by atoms with Gasteiger partial charge in [0.25, 0.3) is 0 Å². The number of aromatic nitrogens is 1. The number of fused-ring (bicyclic) bond motifs is 1. The summed E-state index contributed by atoms with van der Waals surface area (Å²) in [5, 5.41) is 3.55. The van der Waals surface area contributed by atoms with E-state index >= 15 is 0 Å². The van der Waals surface area contributed by atoms with Crippen molar-refractivity contribution in [3.05, 3.63) is 24.0 Å². The number of hydrogen-bond acceptors (Lipinski definition) is 4. The van der Waals surface area contributed by atoms with Crippen LogP contribution in [-0.2, 0) is 4.79 Å². The van der Waals surface area contributed by atoms with Gasteiger partial charge in [-0.3, -0.25) is 4.79 Å². The minimum Gasteiger partial charge on any atom is -0.359 e. The van der Waals surface area contributed by atoms with Crippen molar-refractivity contribution in [2.45, 2.75) is 12.8 Å². The van der Waals surface area contributed by atoms with Gasteiger partial charge in [0.1, 0.15) is 11.3 Å². The Kier molecular flexibility index (Phi) is 3.56. The fraction of sp³-hybridized carbons (Fsp3) is 0.429. The maximum Gasteiger partial charge on any atom is 0.222 e. The van der Waals surface area contributed by atoms with Gasteiger partial charge in [0.15, 0.2) is 5.13 Å². The molecule has 0 aliphatic carbocycles. The molecule has 106 valence electrons. The summed E-state index contributed by atoms with van der Waals surface area (Å²) in [6.45, 7) is 1.58. The summed E-state index contributed by atoms with van der Waals surface area (Å²) < 4.78 is 14.5. The highest BCUT2D eigenvalue weighted by Gasteiger charge is 2.25. The minimum atomic E-state index is -0.273. The van der Waals surface area contributed by atoms with Gasteiger partial charge >= 0.3 is 0 Å². The summed E-state index contributed by atoms with van der Waals surface area (Å²) in [6.07, 6.45) is 1.64. The Hall–Kier alpha value is -1.69. The molecule has 1 aliphatic heterocycles. The van der Waals surface area contributed by atoms with E-state index in [9.17, 15) is 9.18 Å². The SMILES string of the molecule is CNC(=O)C1CCN(c2nc3c(F)cccc3s2)CC1. The van der Waals surface area contributed by atoms with Gasteiger partial charge < -0.3 is 10.2 Å². The highest BCUT2D eigenvalue weighted by atomic mass is 32.1. The lowest BCUT2D eigenvalue weighted by atomic mass is 9.96. The van der Waals surface area contributed by atoms with Crippen molar-refractivity contribution in [1.29, 1.82) is 0 Å². The number of hydrogen-bond donors (Lipinski definition) is 1. The fourth-order valence-corrected chi connectivity index (χ4v) is 3.61. The van der Waals surface area contributed by atoms with Crippen LogP contribution in [0.4, 0.5) is 9.52 Å². The van der Waals surface area contributed by atoms with E-state index in [1.165, 1.54) is 17.4 Å². The van der Waals surface area contributed by atoms with Crippen LogP contribution in [0.3, 0.4) is 0 Å². The molecule has 3 rings (SSSR count). The Morgan fingerprint density at radius 3 is 2.85 bits per heavy atom. The maximum atomic E-state index is 13.7. The van der Waals surface area contributed by atoms with Crippen LogP contribution in [0.2, 0.25) is 0 Å². The minimum absolute atomic E-state index is 0.0855. The largest absolute Gasteiger partial charge is 0.359 e. The number of carbonyl (C=O) groups is 1. The number of para-hydroxylation sites is 1. The van der Waals surface area contributed by atoms with Crippen LogP contribution in [0.15, 0.2) is 18.2 Å². The Bertz CT molecular complexity index is 634. The molecule has 1 aliphatic rings. The summed E-state index contributed by atoms with van der Waals surface area (Å²) in [7, 11) is 1.67. The number of amides is 1. The van der Waals surface area contributed by atoms with Crippen LogP contribution in [-0.4, -0.2) is 31.0 Å². The Balaban J connectivity index is 1.77. The van der Waals surface area contributed by atoms with Gasteiger partial charge in [-0.05, 0) is 25.0 Å². The molecule has 0 radical (unpaired) electrons. The first kappa shape index (κ1) is 13.3. The zero-order valence-electron chi connectivity index (χ0n) is 11.2. The summed E-state index contributed by atoms with van der Waals surface area (Å²) in [4.78, 5) is 18.1. The monoisotopic (exact) mass is 293 g/mol. The third kappa shape index (κ3) is 2.35. The first-order valence-electron chi connectivity index (χ1n) is 6.70. The number of thiazole rings is 1. The number of nitrogens with zero attached hydrogens (tertiary/aromatic N) is 2.